The highest BCUT2D eigenvalue weighted by atomic mass is 16.3. The Morgan fingerprint density at radius 1 is 1.20 bits per heavy atom. The van der Waals surface area contributed by atoms with Crippen molar-refractivity contribution in [3.8, 4) is 0 Å². The highest BCUT2D eigenvalue weighted by Gasteiger charge is 2.22. The molecular weight excluding hydrogens is 314 g/mol. The van der Waals surface area contributed by atoms with Crippen LogP contribution in [0.25, 0.3) is 0 Å². The molecular formula is C20H33N3O2. The smallest absolute Gasteiger partial charge is 0.224 e. The van der Waals surface area contributed by atoms with Gasteiger partial charge in [0.2, 0.25) is 5.91 Å². The number of benzene rings is 1. The van der Waals surface area contributed by atoms with Gasteiger partial charge < -0.3 is 15.3 Å². The summed E-state index contributed by atoms with van der Waals surface area (Å²) in [6.45, 7) is 11.4. The van der Waals surface area contributed by atoms with Crippen LogP contribution >= 0.6 is 0 Å². The van der Waals surface area contributed by atoms with Gasteiger partial charge in [-0.05, 0) is 44.4 Å². The predicted octanol–water partition coefficient (Wildman–Crippen LogP) is 2.41. The van der Waals surface area contributed by atoms with Crippen LogP contribution in [-0.2, 0) is 4.79 Å². The molecule has 25 heavy (non-hydrogen) atoms. The van der Waals surface area contributed by atoms with E-state index in [4.69, 9.17) is 0 Å². The van der Waals surface area contributed by atoms with Crippen LogP contribution < -0.4 is 5.32 Å². The molecule has 5 nitrogen and oxygen atoms in total. The average molecular weight is 348 g/mol. The van der Waals surface area contributed by atoms with Crippen LogP contribution in [0.4, 0.5) is 5.69 Å². The van der Waals surface area contributed by atoms with Crippen LogP contribution in [0, 0.1) is 13.8 Å². The lowest BCUT2D eigenvalue weighted by Crippen LogP contribution is -2.51. The van der Waals surface area contributed by atoms with Crippen molar-refractivity contribution in [2.24, 2.45) is 0 Å². The highest BCUT2D eigenvalue weighted by Crippen LogP contribution is 2.19. The van der Waals surface area contributed by atoms with Gasteiger partial charge in [-0.15, -0.1) is 0 Å². The zero-order chi connectivity index (χ0) is 18.2. The number of carbonyl (C=O) groups is 1. The topological polar surface area (TPSA) is 55.8 Å². The first-order valence-electron chi connectivity index (χ1n) is 9.48. The zero-order valence-electron chi connectivity index (χ0n) is 15.9. The van der Waals surface area contributed by atoms with Crippen molar-refractivity contribution in [3.63, 3.8) is 0 Å². The van der Waals surface area contributed by atoms with Gasteiger partial charge in [0.1, 0.15) is 0 Å². The summed E-state index contributed by atoms with van der Waals surface area (Å²) >= 11 is 0. The number of carbonyl (C=O) groups excluding carboxylic acids is 1. The Kier molecular flexibility index (Phi) is 7.88. The first-order valence-corrected chi connectivity index (χ1v) is 9.48. The van der Waals surface area contributed by atoms with Gasteiger partial charge in [0.25, 0.3) is 0 Å². The van der Waals surface area contributed by atoms with Gasteiger partial charge in [0.15, 0.2) is 0 Å². The molecule has 0 radical (unpaired) electrons. The minimum Gasteiger partial charge on any atom is -0.395 e. The Bertz CT molecular complexity index is 530. The van der Waals surface area contributed by atoms with E-state index in [1.54, 1.807) is 0 Å². The van der Waals surface area contributed by atoms with Crippen molar-refractivity contribution >= 4 is 11.6 Å². The number of amides is 1. The monoisotopic (exact) mass is 347 g/mol. The van der Waals surface area contributed by atoms with E-state index in [2.05, 4.69) is 22.0 Å². The maximum absolute atomic E-state index is 12.2. The third-order valence-electron chi connectivity index (χ3n) is 5.23. The largest absolute Gasteiger partial charge is 0.395 e. The predicted molar refractivity (Wildman–Crippen MR) is 103 cm³/mol. The summed E-state index contributed by atoms with van der Waals surface area (Å²) in [4.78, 5) is 17.0. The maximum Gasteiger partial charge on any atom is 0.224 e. The number of nitrogens with one attached hydrogen (secondary N) is 1. The molecule has 0 unspecified atom stereocenters. The van der Waals surface area contributed by atoms with Crippen LogP contribution in [0.15, 0.2) is 18.2 Å². The Balaban J connectivity index is 1.69. The highest BCUT2D eigenvalue weighted by molar-refractivity contribution is 5.92. The van der Waals surface area contributed by atoms with Gasteiger partial charge in [-0.1, -0.05) is 25.1 Å². The maximum atomic E-state index is 12.2. The van der Waals surface area contributed by atoms with Gasteiger partial charge in [-0.3, -0.25) is 9.69 Å². The van der Waals surface area contributed by atoms with Crippen molar-refractivity contribution < 1.29 is 9.90 Å². The van der Waals surface area contributed by atoms with Crippen molar-refractivity contribution in [2.75, 3.05) is 44.6 Å². The number of aliphatic hydroxyl groups is 1. The number of hydrogen-bond acceptors (Lipinski definition) is 4. The summed E-state index contributed by atoms with van der Waals surface area (Å²) in [6.07, 6.45) is 2.44. The fourth-order valence-corrected chi connectivity index (χ4v) is 3.53. The molecule has 1 aliphatic heterocycles. The average Bonchev–Trinajstić information content (AvgIpc) is 2.61. The van der Waals surface area contributed by atoms with Crippen LogP contribution in [0.5, 0.6) is 0 Å². The van der Waals surface area contributed by atoms with E-state index in [9.17, 15) is 9.90 Å². The number of rotatable bonds is 8. The number of nitrogens with zero attached hydrogens (tertiary/aromatic N) is 2. The molecule has 1 aromatic carbocycles. The van der Waals surface area contributed by atoms with Crippen LogP contribution in [0.3, 0.4) is 0 Å². The van der Waals surface area contributed by atoms with Gasteiger partial charge in [0, 0.05) is 44.3 Å². The van der Waals surface area contributed by atoms with E-state index in [1.165, 1.54) is 0 Å². The van der Waals surface area contributed by atoms with Crippen LogP contribution in [-0.4, -0.2) is 66.2 Å². The Labute approximate surface area is 152 Å². The molecule has 1 aliphatic rings. The second-order valence-corrected chi connectivity index (χ2v) is 7.04. The number of aliphatic hydroxyl groups excluding tert-OH is 1. The molecule has 1 fully saturated rings. The van der Waals surface area contributed by atoms with Gasteiger partial charge in [0.05, 0.1) is 6.61 Å². The third kappa shape index (κ3) is 5.80. The third-order valence-corrected chi connectivity index (χ3v) is 5.23. The molecule has 5 heteroatoms. The minimum atomic E-state index is 0.0994. The van der Waals surface area contributed by atoms with E-state index in [0.717, 1.165) is 62.4 Å². The molecule has 0 bridgehead atoms. The van der Waals surface area contributed by atoms with E-state index < -0.39 is 0 Å². The summed E-state index contributed by atoms with van der Waals surface area (Å²) < 4.78 is 0. The normalized spacial score (nSPS) is 17.4. The van der Waals surface area contributed by atoms with Crippen molar-refractivity contribution in [3.05, 3.63) is 29.3 Å². The molecule has 1 saturated heterocycles. The number of hydrogen-bond donors (Lipinski definition) is 2. The van der Waals surface area contributed by atoms with Crippen molar-refractivity contribution in [1.82, 2.24) is 9.80 Å². The Hall–Kier alpha value is -1.43. The quantitative estimate of drug-likeness (QED) is 0.758. The Morgan fingerprint density at radius 3 is 2.40 bits per heavy atom. The molecule has 140 valence electrons. The lowest BCUT2D eigenvalue weighted by Gasteiger charge is -2.38. The van der Waals surface area contributed by atoms with Crippen LogP contribution in [0.2, 0.25) is 0 Å². The number of aryl methyl sites for hydroxylation is 2. The molecule has 2 rings (SSSR count). The summed E-state index contributed by atoms with van der Waals surface area (Å²) in [6, 6.07) is 6.36. The molecule has 0 aromatic heterocycles. The first-order chi connectivity index (χ1) is 12.0. The standard InChI is InChI=1S/C20H33N3O2/c1-4-18(15-24)23-13-11-22(12-14-23)10-6-9-19(25)21-20-16(2)7-5-8-17(20)3/h5,7-8,18,24H,4,6,9-15H2,1-3H3,(H,21,25)/t18-/m1/s1. The lowest BCUT2D eigenvalue weighted by molar-refractivity contribution is -0.116. The molecule has 0 aliphatic carbocycles. The van der Waals surface area contributed by atoms with Crippen LogP contribution in [0.1, 0.15) is 37.3 Å². The molecule has 1 atom stereocenters. The zero-order valence-corrected chi connectivity index (χ0v) is 15.9. The molecule has 1 heterocycles. The van der Waals surface area contributed by atoms with Crippen molar-refractivity contribution in [1.29, 1.82) is 0 Å². The van der Waals surface area contributed by atoms with Gasteiger partial charge >= 0.3 is 0 Å². The molecule has 2 N–H and O–H groups in total. The van der Waals surface area contributed by atoms with Crippen molar-refractivity contribution in [2.45, 2.75) is 46.1 Å². The molecule has 1 aromatic rings. The molecule has 0 spiro atoms. The minimum absolute atomic E-state index is 0.0994. The second-order valence-electron chi connectivity index (χ2n) is 7.04. The molecule has 0 saturated carbocycles. The number of anilines is 1. The summed E-state index contributed by atoms with van der Waals surface area (Å²) in [5.74, 6) is 0.0994. The summed E-state index contributed by atoms with van der Waals surface area (Å²) in [5.41, 5.74) is 3.17. The lowest BCUT2D eigenvalue weighted by atomic mass is 10.1. The fraction of sp³-hybridized carbons (Fsp3) is 0.650. The van der Waals surface area contributed by atoms with Gasteiger partial charge in [-0.25, -0.2) is 0 Å². The van der Waals surface area contributed by atoms with E-state index in [-0.39, 0.29) is 12.5 Å². The van der Waals surface area contributed by atoms with Gasteiger partial charge in [-0.2, -0.15) is 0 Å². The first kappa shape index (κ1) is 19.9. The van der Waals surface area contributed by atoms with E-state index >= 15 is 0 Å². The van der Waals surface area contributed by atoms with E-state index in [0.29, 0.717) is 12.5 Å². The fourth-order valence-electron chi connectivity index (χ4n) is 3.53. The number of para-hydroxylation sites is 1. The SMILES string of the molecule is CC[C@H](CO)N1CCN(CCCC(=O)Nc2c(C)cccc2C)CC1. The van der Waals surface area contributed by atoms with E-state index in [1.807, 2.05) is 32.0 Å². The second kappa shape index (κ2) is 9.90. The molecule has 1 amide bonds. The summed E-state index contributed by atoms with van der Waals surface area (Å²) in [7, 11) is 0. The Morgan fingerprint density at radius 2 is 1.84 bits per heavy atom. The summed E-state index contributed by atoms with van der Waals surface area (Å²) in [5, 5.41) is 12.5. The number of piperazine rings is 1.